The van der Waals surface area contributed by atoms with Gasteiger partial charge in [-0.1, -0.05) is 17.7 Å². The van der Waals surface area contributed by atoms with Crippen LogP contribution in [-0.2, 0) is 9.53 Å². The lowest BCUT2D eigenvalue weighted by molar-refractivity contribution is -0.146. The number of carbonyl (C=O) groups excluding carboxylic acids is 1. The molecule has 3 rings (SSSR count). The molecule has 1 aromatic heterocycles. The number of aryl methyl sites for hydroxylation is 1. The third kappa shape index (κ3) is 3.81. The summed E-state index contributed by atoms with van der Waals surface area (Å²) in [6, 6.07) is 8.02. The largest absolute Gasteiger partial charge is 0.469 e. The molecule has 7 nitrogen and oxygen atoms in total. The van der Waals surface area contributed by atoms with Crippen molar-refractivity contribution in [3.8, 4) is 0 Å². The molecular weight excluding hydrogens is 318 g/mol. The van der Waals surface area contributed by atoms with Gasteiger partial charge in [-0.25, -0.2) is 9.97 Å². The van der Waals surface area contributed by atoms with Crippen molar-refractivity contribution < 1.29 is 9.53 Å². The first-order valence-corrected chi connectivity index (χ1v) is 8.35. The van der Waals surface area contributed by atoms with Crippen LogP contribution in [0, 0.1) is 12.8 Å². The Hall–Kier alpha value is -2.83. The molecule has 0 unspecified atom stereocenters. The molecule has 0 atom stereocenters. The number of nitrogens with zero attached hydrogens (tertiary/aromatic N) is 3. The summed E-state index contributed by atoms with van der Waals surface area (Å²) in [4.78, 5) is 22.4. The Morgan fingerprint density at radius 3 is 2.56 bits per heavy atom. The summed E-state index contributed by atoms with van der Waals surface area (Å²) in [6.07, 6.45) is 2.97. The number of ether oxygens (including phenoxy) is 1. The Morgan fingerprint density at radius 2 is 1.92 bits per heavy atom. The van der Waals surface area contributed by atoms with Crippen LogP contribution in [0.3, 0.4) is 0 Å². The van der Waals surface area contributed by atoms with E-state index in [-0.39, 0.29) is 11.9 Å². The fourth-order valence-corrected chi connectivity index (χ4v) is 3.01. The zero-order valence-corrected chi connectivity index (χ0v) is 14.5. The SMILES string of the molecule is COC(=O)C1CCN(c2ncnc(Nc3ccc(C)cc3)c2N)CC1. The first kappa shape index (κ1) is 17.0. The molecule has 0 aliphatic carbocycles. The highest BCUT2D eigenvalue weighted by molar-refractivity contribution is 5.78. The topological polar surface area (TPSA) is 93.4 Å². The maximum atomic E-state index is 11.7. The standard InChI is InChI=1S/C18H23N5O2/c1-12-3-5-14(6-4-12)22-16-15(19)17(21-11-20-16)23-9-7-13(8-10-23)18(24)25-2/h3-6,11,13H,7-10,19H2,1-2H3,(H,20,21,22). The van der Waals surface area contributed by atoms with E-state index in [4.69, 9.17) is 10.5 Å². The van der Waals surface area contributed by atoms with E-state index in [1.54, 1.807) is 0 Å². The fraction of sp³-hybridized carbons (Fsp3) is 0.389. The predicted molar refractivity (Wildman–Crippen MR) is 97.9 cm³/mol. The summed E-state index contributed by atoms with van der Waals surface area (Å²) >= 11 is 0. The molecule has 2 heterocycles. The van der Waals surface area contributed by atoms with Gasteiger partial charge in [0.05, 0.1) is 13.0 Å². The lowest BCUT2D eigenvalue weighted by Crippen LogP contribution is -2.37. The average Bonchev–Trinajstić information content (AvgIpc) is 2.65. The summed E-state index contributed by atoms with van der Waals surface area (Å²) < 4.78 is 4.83. The zero-order valence-electron chi connectivity index (χ0n) is 14.5. The Bertz CT molecular complexity index is 740. The van der Waals surface area contributed by atoms with Crippen molar-refractivity contribution in [1.29, 1.82) is 0 Å². The van der Waals surface area contributed by atoms with Gasteiger partial charge in [0.1, 0.15) is 12.0 Å². The van der Waals surface area contributed by atoms with Gasteiger partial charge >= 0.3 is 5.97 Å². The molecule has 1 aliphatic heterocycles. The number of hydrogen-bond acceptors (Lipinski definition) is 7. The van der Waals surface area contributed by atoms with Crippen molar-refractivity contribution in [3.05, 3.63) is 36.2 Å². The van der Waals surface area contributed by atoms with Crippen molar-refractivity contribution in [2.75, 3.05) is 36.1 Å². The van der Waals surface area contributed by atoms with Gasteiger partial charge in [-0.05, 0) is 31.9 Å². The first-order chi connectivity index (χ1) is 12.1. The molecular formula is C18H23N5O2. The number of nitrogens with one attached hydrogen (secondary N) is 1. The van der Waals surface area contributed by atoms with E-state index in [0.717, 1.165) is 18.5 Å². The molecule has 25 heavy (non-hydrogen) atoms. The fourth-order valence-electron chi connectivity index (χ4n) is 3.01. The number of benzene rings is 1. The molecule has 1 saturated heterocycles. The molecule has 7 heteroatoms. The number of nitrogens with two attached hydrogens (primary N) is 1. The van der Waals surface area contributed by atoms with Crippen LogP contribution in [0.2, 0.25) is 0 Å². The molecule has 0 bridgehead atoms. The van der Waals surface area contributed by atoms with Gasteiger partial charge in [0, 0.05) is 18.8 Å². The molecule has 0 amide bonds. The van der Waals surface area contributed by atoms with Gasteiger partial charge in [-0.2, -0.15) is 0 Å². The second-order valence-corrected chi connectivity index (χ2v) is 6.24. The van der Waals surface area contributed by atoms with Crippen LogP contribution in [-0.4, -0.2) is 36.1 Å². The van der Waals surface area contributed by atoms with E-state index in [2.05, 4.69) is 20.2 Å². The number of aromatic nitrogens is 2. The monoisotopic (exact) mass is 341 g/mol. The summed E-state index contributed by atoms with van der Waals surface area (Å²) in [5.74, 6) is 1.10. The van der Waals surface area contributed by atoms with Crippen molar-refractivity contribution in [1.82, 2.24) is 9.97 Å². The molecule has 132 valence electrons. The third-order valence-corrected chi connectivity index (χ3v) is 4.51. The summed E-state index contributed by atoms with van der Waals surface area (Å²) in [5, 5.41) is 3.24. The van der Waals surface area contributed by atoms with Gasteiger partial charge in [-0.15, -0.1) is 0 Å². The molecule has 3 N–H and O–H groups in total. The lowest BCUT2D eigenvalue weighted by Gasteiger charge is -2.32. The van der Waals surface area contributed by atoms with Gasteiger partial charge in [0.2, 0.25) is 0 Å². The highest BCUT2D eigenvalue weighted by atomic mass is 16.5. The van der Waals surface area contributed by atoms with Crippen LogP contribution in [0.25, 0.3) is 0 Å². The highest BCUT2D eigenvalue weighted by Crippen LogP contribution is 2.31. The maximum Gasteiger partial charge on any atom is 0.308 e. The summed E-state index contributed by atoms with van der Waals surface area (Å²) in [7, 11) is 1.43. The summed E-state index contributed by atoms with van der Waals surface area (Å²) in [6.45, 7) is 3.47. The number of anilines is 4. The zero-order chi connectivity index (χ0) is 17.8. The number of piperidine rings is 1. The van der Waals surface area contributed by atoms with Crippen molar-refractivity contribution in [3.63, 3.8) is 0 Å². The molecule has 1 fully saturated rings. The van der Waals surface area contributed by atoms with Crippen molar-refractivity contribution in [2.45, 2.75) is 19.8 Å². The molecule has 0 radical (unpaired) electrons. The van der Waals surface area contributed by atoms with Crippen molar-refractivity contribution in [2.24, 2.45) is 5.92 Å². The van der Waals surface area contributed by atoms with E-state index in [1.807, 2.05) is 31.2 Å². The van der Waals surface area contributed by atoms with Crippen LogP contribution in [0.4, 0.5) is 23.0 Å². The minimum atomic E-state index is -0.142. The molecule has 0 saturated carbocycles. The number of esters is 1. The van der Waals surface area contributed by atoms with E-state index in [9.17, 15) is 4.79 Å². The minimum absolute atomic E-state index is 0.0468. The second kappa shape index (κ2) is 7.38. The Morgan fingerprint density at radius 1 is 1.24 bits per heavy atom. The van der Waals surface area contributed by atoms with E-state index >= 15 is 0 Å². The van der Waals surface area contributed by atoms with Crippen LogP contribution >= 0.6 is 0 Å². The van der Waals surface area contributed by atoms with E-state index in [0.29, 0.717) is 30.4 Å². The Balaban J connectivity index is 1.73. The average molecular weight is 341 g/mol. The quantitative estimate of drug-likeness (QED) is 0.825. The Labute approximate surface area is 147 Å². The van der Waals surface area contributed by atoms with Crippen molar-refractivity contribution >= 4 is 29.0 Å². The van der Waals surface area contributed by atoms with E-state index in [1.165, 1.54) is 19.0 Å². The summed E-state index contributed by atoms with van der Waals surface area (Å²) in [5.41, 5.74) is 8.92. The third-order valence-electron chi connectivity index (χ3n) is 4.51. The van der Waals surface area contributed by atoms with Crippen LogP contribution in [0.5, 0.6) is 0 Å². The number of methoxy groups -OCH3 is 1. The molecule has 1 aliphatic rings. The van der Waals surface area contributed by atoms with Crippen LogP contribution in [0.15, 0.2) is 30.6 Å². The molecule has 1 aromatic carbocycles. The molecule has 0 spiro atoms. The van der Waals surface area contributed by atoms with Gasteiger partial charge in [0.25, 0.3) is 0 Å². The highest BCUT2D eigenvalue weighted by Gasteiger charge is 2.27. The van der Waals surface area contributed by atoms with Crippen LogP contribution in [0.1, 0.15) is 18.4 Å². The van der Waals surface area contributed by atoms with Crippen LogP contribution < -0.4 is 16.0 Å². The normalized spacial score (nSPS) is 15.0. The Kier molecular flexibility index (Phi) is 5.02. The second-order valence-electron chi connectivity index (χ2n) is 6.24. The predicted octanol–water partition coefficient (Wildman–Crippen LogP) is 2.50. The smallest absolute Gasteiger partial charge is 0.308 e. The first-order valence-electron chi connectivity index (χ1n) is 8.35. The number of nitrogen functional groups attached to an aromatic ring is 1. The molecule has 2 aromatic rings. The van der Waals surface area contributed by atoms with E-state index < -0.39 is 0 Å². The number of carbonyl (C=O) groups is 1. The minimum Gasteiger partial charge on any atom is -0.469 e. The lowest BCUT2D eigenvalue weighted by atomic mass is 9.97. The van der Waals surface area contributed by atoms with Gasteiger partial charge in [0.15, 0.2) is 11.6 Å². The van der Waals surface area contributed by atoms with Gasteiger partial charge < -0.3 is 20.7 Å². The van der Waals surface area contributed by atoms with Gasteiger partial charge in [-0.3, -0.25) is 4.79 Å². The number of rotatable bonds is 4. The maximum absolute atomic E-state index is 11.7. The number of hydrogen-bond donors (Lipinski definition) is 2.